The fraction of sp³-hybridized carbons (Fsp3) is 0.500. The summed E-state index contributed by atoms with van der Waals surface area (Å²) in [7, 11) is 0. The molecule has 40 heavy (non-hydrogen) atoms. The molecule has 2 heterocycles. The summed E-state index contributed by atoms with van der Waals surface area (Å²) < 4.78 is 34.5. The monoisotopic (exact) mass is 605 g/mol. The average molecular weight is 606 g/mol. The Morgan fingerprint density at radius 2 is 1.88 bits per heavy atom. The Balaban J connectivity index is 1.39. The SMILES string of the molecule is CCC[C@]1(C)CCC[C@H](N(c2cnc(-c3ccc(-c4cc(OC(S)(S)S)ncc4F)cc3O)nn2)C2CC2)[C@@H]1F. The summed E-state index contributed by atoms with van der Waals surface area (Å²) in [5, 5.41) is 19.5. The number of phenols is 1. The molecule has 0 unspecified atom stereocenters. The van der Waals surface area contributed by atoms with Crippen molar-refractivity contribution in [2.24, 2.45) is 5.41 Å². The van der Waals surface area contributed by atoms with Gasteiger partial charge in [0, 0.05) is 23.1 Å². The number of phenolic OH excluding ortho intramolecular Hbond substituents is 1. The molecule has 214 valence electrons. The molecule has 1 aromatic carbocycles. The Labute approximate surface area is 249 Å². The van der Waals surface area contributed by atoms with Crippen molar-refractivity contribution >= 4 is 43.7 Å². The minimum absolute atomic E-state index is 0.0619. The van der Waals surface area contributed by atoms with Gasteiger partial charge in [0.25, 0.3) is 0 Å². The van der Waals surface area contributed by atoms with E-state index in [4.69, 9.17) is 4.74 Å². The molecule has 5 rings (SSSR count). The number of benzene rings is 1. The second-order valence-electron chi connectivity index (χ2n) is 11.0. The van der Waals surface area contributed by atoms with Gasteiger partial charge in [0.2, 0.25) is 9.48 Å². The van der Waals surface area contributed by atoms with E-state index in [0.717, 1.165) is 51.1 Å². The summed E-state index contributed by atoms with van der Waals surface area (Å²) in [6.45, 7) is 4.17. The van der Waals surface area contributed by atoms with Crippen LogP contribution in [-0.2, 0) is 0 Å². The Bertz CT molecular complexity index is 1350. The molecule has 12 heteroatoms. The number of hydrogen-bond donors (Lipinski definition) is 4. The van der Waals surface area contributed by atoms with Gasteiger partial charge in [0.05, 0.1) is 24.0 Å². The van der Waals surface area contributed by atoms with Crippen molar-refractivity contribution in [1.82, 2.24) is 20.2 Å². The number of nitrogens with zero attached hydrogens (tertiary/aromatic N) is 5. The van der Waals surface area contributed by atoms with Gasteiger partial charge in [-0.2, -0.15) is 0 Å². The van der Waals surface area contributed by atoms with Crippen LogP contribution in [0.2, 0.25) is 0 Å². The van der Waals surface area contributed by atoms with Gasteiger partial charge >= 0.3 is 0 Å². The molecule has 1 N–H and O–H groups in total. The van der Waals surface area contributed by atoms with E-state index in [1.54, 1.807) is 18.3 Å². The van der Waals surface area contributed by atoms with Crippen LogP contribution in [0.15, 0.2) is 36.7 Å². The highest BCUT2D eigenvalue weighted by Gasteiger charge is 2.48. The number of anilines is 1. The molecule has 0 spiro atoms. The summed E-state index contributed by atoms with van der Waals surface area (Å²) >= 11 is 12.2. The van der Waals surface area contributed by atoms with Crippen LogP contribution in [0.1, 0.15) is 58.8 Å². The van der Waals surface area contributed by atoms with Crippen LogP contribution in [0.4, 0.5) is 14.6 Å². The van der Waals surface area contributed by atoms with Crippen LogP contribution in [0.3, 0.4) is 0 Å². The number of pyridine rings is 1. The molecule has 0 saturated heterocycles. The first kappa shape index (κ1) is 29.2. The molecular weight excluding hydrogens is 573 g/mol. The molecule has 2 aliphatic carbocycles. The van der Waals surface area contributed by atoms with Crippen LogP contribution >= 0.6 is 37.9 Å². The number of aromatic nitrogens is 4. The van der Waals surface area contributed by atoms with Crippen molar-refractivity contribution in [1.29, 1.82) is 0 Å². The van der Waals surface area contributed by atoms with E-state index < -0.39 is 15.6 Å². The highest BCUT2D eigenvalue weighted by Crippen LogP contribution is 2.46. The number of ether oxygens (including phenoxy) is 1. The van der Waals surface area contributed by atoms with Crippen LogP contribution in [0.25, 0.3) is 22.5 Å². The maximum absolute atomic E-state index is 15.9. The minimum atomic E-state index is -1.41. The van der Waals surface area contributed by atoms with Gasteiger partial charge in [-0.25, -0.2) is 18.7 Å². The number of rotatable bonds is 9. The lowest BCUT2D eigenvalue weighted by atomic mass is 9.69. The first-order valence-corrected chi connectivity index (χ1v) is 14.8. The predicted molar refractivity (Wildman–Crippen MR) is 161 cm³/mol. The van der Waals surface area contributed by atoms with Crippen molar-refractivity contribution in [3.8, 4) is 34.1 Å². The van der Waals surface area contributed by atoms with Gasteiger partial charge in [-0.1, -0.05) is 32.8 Å². The first-order chi connectivity index (χ1) is 19.0. The average Bonchev–Trinajstić information content (AvgIpc) is 3.73. The Hall–Kier alpha value is -2.31. The van der Waals surface area contributed by atoms with Gasteiger partial charge < -0.3 is 14.7 Å². The van der Waals surface area contributed by atoms with E-state index in [2.05, 4.69) is 76.8 Å². The van der Waals surface area contributed by atoms with E-state index in [1.165, 1.54) is 12.1 Å². The maximum atomic E-state index is 15.9. The summed E-state index contributed by atoms with van der Waals surface area (Å²) in [6.07, 6.45) is 8.12. The summed E-state index contributed by atoms with van der Waals surface area (Å²) in [4.78, 5) is 10.4. The summed E-state index contributed by atoms with van der Waals surface area (Å²) in [5.74, 6) is 0.0729. The first-order valence-electron chi connectivity index (χ1n) is 13.5. The molecule has 2 aliphatic rings. The van der Waals surface area contributed by atoms with Crippen LogP contribution in [-0.4, -0.2) is 47.1 Å². The zero-order valence-corrected chi connectivity index (χ0v) is 25.0. The van der Waals surface area contributed by atoms with Crippen LogP contribution in [0.5, 0.6) is 11.6 Å². The highest BCUT2D eigenvalue weighted by molar-refractivity contribution is 8.16. The lowest BCUT2D eigenvalue weighted by Crippen LogP contribution is -2.52. The van der Waals surface area contributed by atoms with Gasteiger partial charge in [-0.15, -0.1) is 48.1 Å². The fourth-order valence-electron chi connectivity index (χ4n) is 5.79. The number of aromatic hydroxyl groups is 1. The summed E-state index contributed by atoms with van der Waals surface area (Å²) in [6, 6.07) is 5.98. The van der Waals surface area contributed by atoms with Gasteiger partial charge in [0.15, 0.2) is 11.6 Å². The standard InChI is InChI=1S/C28H33F2N5O2S3/c1-3-10-27(2)11-4-5-21(25(27)30)35(17-7-8-17)23-15-32-26(34-33-23)18-9-6-16(12-22(18)36)19-13-24(31-14-20(19)29)37-28(38,39)40/h6,9,12-15,17,21,25,36,38-40H,3-5,7-8,10-11H2,1-2H3/t21-,25-,27+/m0/s1. The van der Waals surface area contributed by atoms with Crippen molar-refractivity contribution in [3.63, 3.8) is 0 Å². The number of thiol groups is 3. The molecule has 0 radical (unpaired) electrons. The van der Waals surface area contributed by atoms with E-state index in [1.807, 2.05) is 0 Å². The van der Waals surface area contributed by atoms with Gasteiger partial charge in [0.1, 0.15) is 17.7 Å². The Kier molecular flexibility index (Phi) is 8.41. The fourth-order valence-corrected chi connectivity index (χ4v) is 6.07. The molecule has 0 amide bonds. The third kappa shape index (κ3) is 6.28. The number of alkyl halides is 1. The molecular formula is C28H33F2N5O2S3. The lowest BCUT2D eigenvalue weighted by Gasteiger charge is -2.46. The molecule has 3 atom stereocenters. The van der Waals surface area contributed by atoms with E-state index in [9.17, 15) is 9.50 Å². The zero-order valence-electron chi connectivity index (χ0n) is 22.3. The third-order valence-corrected chi connectivity index (χ3v) is 8.08. The van der Waals surface area contributed by atoms with Crippen molar-refractivity contribution in [3.05, 3.63) is 42.5 Å². The minimum Gasteiger partial charge on any atom is -0.507 e. The van der Waals surface area contributed by atoms with Crippen molar-refractivity contribution in [2.75, 3.05) is 4.90 Å². The maximum Gasteiger partial charge on any atom is 0.242 e. The molecule has 0 aliphatic heterocycles. The Morgan fingerprint density at radius 1 is 1.10 bits per heavy atom. The van der Waals surface area contributed by atoms with Crippen molar-refractivity contribution < 1.29 is 18.6 Å². The Morgan fingerprint density at radius 3 is 2.50 bits per heavy atom. The molecule has 7 nitrogen and oxygen atoms in total. The van der Waals surface area contributed by atoms with E-state index in [0.29, 0.717) is 16.9 Å². The molecule has 2 fully saturated rings. The second-order valence-corrected chi connectivity index (χ2v) is 13.9. The van der Waals surface area contributed by atoms with Gasteiger partial charge in [-0.05, 0) is 49.8 Å². The normalized spacial score (nSPS) is 23.2. The quantitative estimate of drug-likeness (QED) is 0.156. The smallest absolute Gasteiger partial charge is 0.242 e. The van der Waals surface area contributed by atoms with E-state index >= 15 is 4.39 Å². The van der Waals surface area contributed by atoms with Crippen LogP contribution in [0, 0.1) is 11.2 Å². The molecule has 0 bridgehead atoms. The third-order valence-electron chi connectivity index (χ3n) is 7.81. The van der Waals surface area contributed by atoms with Crippen LogP contribution < -0.4 is 9.64 Å². The second kappa shape index (κ2) is 11.5. The predicted octanol–water partition coefficient (Wildman–Crippen LogP) is 6.89. The van der Waals surface area contributed by atoms with Crippen molar-refractivity contribution in [2.45, 2.75) is 80.6 Å². The van der Waals surface area contributed by atoms with Gasteiger partial charge in [-0.3, -0.25) is 0 Å². The molecule has 3 aromatic rings. The summed E-state index contributed by atoms with van der Waals surface area (Å²) in [5.41, 5.74) is 0.544. The highest BCUT2D eigenvalue weighted by atomic mass is 32.2. The largest absolute Gasteiger partial charge is 0.507 e. The topological polar surface area (TPSA) is 84.3 Å². The zero-order chi connectivity index (χ0) is 28.7. The molecule has 2 aromatic heterocycles. The number of halogens is 2. The lowest BCUT2D eigenvalue weighted by molar-refractivity contribution is 0.0423. The van der Waals surface area contributed by atoms with E-state index in [-0.39, 0.29) is 40.5 Å². The number of hydrogen-bond acceptors (Lipinski definition) is 10. The molecule has 2 saturated carbocycles.